The van der Waals surface area contributed by atoms with Gasteiger partial charge in [0.2, 0.25) is 0 Å². The molecular formula is C20H25NO2. The predicted octanol–water partition coefficient (Wildman–Crippen LogP) is 3.66. The third kappa shape index (κ3) is 2.04. The van der Waals surface area contributed by atoms with Gasteiger partial charge in [0.1, 0.15) is 5.75 Å². The number of fused-ring (bicyclic) bond motifs is 5. The Morgan fingerprint density at radius 1 is 1.35 bits per heavy atom. The summed E-state index contributed by atoms with van der Waals surface area (Å²) in [5.41, 5.74) is 2.86. The first-order chi connectivity index (χ1) is 11.1. The Bertz CT molecular complexity index is 664. The van der Waals surface area contributed by atoms with Crippen LogP contribution in [0.4, 0.5) is 0 Å². The van der Waals surface area contributed by atoms with Crippen LogP contribution in [0.15, 0.2) is 18.2 Å². The average Bonchev–Trinajstić information content (AvgIpc) is 2.85. The monoisotopic (exact) mass is 311 g/mol. The van der Waals surface area contributed by atoms with E-state index in [0.29, 0.717) is 17.8 Å². The Labute approximate surface area is 138 Å². The number of rotatable bonds is 1. The van der Waals surface area contributed by atoms with E-state index in [9.17, 15) is 10.4 Å². The first-order valence-electron chi connectivity index (χ1n) is 8.83. The Kier molecular flexibility index (Phi) is 3.43. The molecule has 3 aliphatic rings. The molecule has 3 heteroatoms. The van der Waals surface area contributed by atoms with Crippen molar-refractivity contribution in [2.24, 2.45) is 23.2 Å². The van der Waals surface area contributed by atoms with Crippen LogP contribution in [-0.2, 0) is 6.42 Å². The number of hydrogen-bond donors (Lipinski definition) is 1. The third-order valence-corrected chi connectivity index (χ3v) is 7.10. The van der Waals surface area contributed by atoms with Gasteiger partial charge in [0.25, 0.3) is 0 Å². The first kappa shape index (κ1) is 15.0. The summed E-state index contributed by atoms with van der Waals surface area (Å²) in [5, 5.41) is 20.0. The molecule has 0 aliphatic heterocycles. The van der Waals surface area contributed by atoms with Crippen LogP contribution in [0.5, 0.6) is 5.75 Å². The summed E-state index contributed by atoms with van der Waals surface area (Å²) in [6.45, 7) is 2.22. The van der Waals surface area contributed by atoms with Crippen molar-refractivity contribution in [1.29, 1.82) is 5.26 Å². The number of hydrogen-bond acceptors (Lipinski definition) is 3. The molecule has 23 heavy (non-hydrogen) atoms. The molecule has 0 spiro atoms. The normalized spacial score (nSPS) is 41.4. The van der Waals surface area contributed by atoms with Crippen LogP contribution in [0, 0.1) is 34.5 Å². The van der Waals surface area contributed by atoms with Gasteiger partial charge in [-0.05, 0) is 78.5 Å². The summed E-state index contributed by atoms with van der Waals surface area (Å²) in [7, 11) is 1.72. The number of nitrogens with zero attached hydrogens (tertiary/aromatic N) is 1. The molecular weight excluding hydrogens is 286 g/mol. The molecule has 0 saturated heterocycles. The molecule has 4 rings (SSSR count). The minimum absolute atomic E-state index is 0.0640. The van der Waals surface area contributed by atoms with Crippen LogP contribution in [0.2, 0.25) is 0 Å². The lowest BCUT2D eigenvalue weighted by Crippen LogP contribution is -2.44. The van der Waals surface area contributed by atoms with Gasteiger partial charge in [-0.1, -0.05) is 13.0 Å². The molecule has 0 bridgehead atoms. The molecule has 6 atom stereocenters. The largest absolute Gasteiger partial charge is 0.497 e. The molecule has 3 nitrogen and oxygen atoms in total. The van der Waals surface area contributed by atoms with Crippen molar-refractivity contribution in [3.63, 3.8) is 0 Å². The maximum absolute atomic E-state index is 10.7. The second kappa shape index (κ2) is 5.24. The number of nitriles is 1. The molecule has 3 aliphatic carbocycles. The molecule has 0 heterocycles. The van der Waals surface area contributed by atoms with Gasteiger partial charge >= 0.3 is 0 Å². The van der Waals surface area contributed by atoms with Crippen molar-refractivity contribution < 1.29 is 9.84 Å². The van der Waals surface area contributed by atoms with Crippen LogP contribution in [-0.4, -0.2) is 18.3 Å². The maximum Gasteiger partial charge on any atom is 0.119 e. The number of aryl methyl sites for hydroxylation is 1. The van der Waals surface area contributed by atoms with Crippen molar-refractivity contribution in [3.8, 4) is 11.8 Å². The fourth-order valence-electron chi connectivity index (χ4n) is 5.83. The van der Waals surface area contributed by atoms with E-state index in [2.05, 4.69) is 31.2 Å². The molecule has 0 amide bonds. The molecule has 2 fully saturated rings. The molecule has 1 aromatic carbocycles. The summed E-state index contributed by atoms with van der Waals surface area (Å²) >= 11 is 0. The van der Waals surface area contributed by atoms with Gasteiger partial charge < -0.3 is 9.84 Å². The molecule has 2 saturated carbocycles. The summed E-state index contributed by atoms with van der Waals surface area (Å²) in [5.74, 6) is 2.45. The lowest BCUT2D eigenvalue weighted by atomic mass is 9.55. The smallest absolute Gasteiger partial charge is 0.119 e. The summed E-state index contributed by atoms with van der Waals surface area (Å²) in [4.78, 5) is 0. The zero-order valence-corrected chi connectivity index (χ0v) is 14.0. The van der Waals surface area contributed by atoms with Gasteiger partial charge in [-0.3, -0.25) is 0 Å². The first-order valence-corrected chi connectivity index (χ1v) is 8.83. The fraction of sp³-hybridized carbons (Fsp3) is 0.650. The van der Waals surface area contributed by atoms with Gasteiger partial charge in [-0.25, -0.2) is 0 Å². The lowest BCUT2D eigenvalue weighted by molar-refractivity contribution is -0.0280. The van der Waals surface area contributed by atoms with Crippen molar-refractivity contribution in [2.75, 3.05) is 7.11 Å². The standard InChI is InChI=1S/C20H25NO2/c1-20-8-7-16-15-6-4-14(23-2)9-12(15)3-5-17(16)18(20)10-13(11-21)19(20)22/h4,6,9,13,16-19,22H,3,5,7-8,10H2,1-2H3/t13-,16+,17+,18-,19-,20-/m0/s1. The van der Waals surface area contributed by atoms with Gasteiger partial charge in [-0.2, -0.15) is 5.26 Å². The molecule has 0 aromatic heterocycles. The Balaban J connectivity index is 1.68. The number of benzene rings is 1. The third-order valence-electron chi connectivity index (χ3n) is 7.10. The van der Waals surface area contributed by atoms with Crippen molar-refractivity contribution in [3.05, 3.63) is 29.3 Å². The second-order valence-corrected chi connectivity index (χ2v) is 7.94. The van der Waals surface area contributed by atoms with Gasteiger partial charge in [0.15, 0.2) is 0 Å². The zero-order valence-electron chi connectivity index (χ0n) is 14.0. The summed E-state index contributed by atoms with van der Waals surface area (Å²) in [6, 6.07) is 8.88. The van der Waals surface area contributed by atoms with E-state index in [1.54, 1.807) is 7.11 Å². The highest BCUT2D eigenvalue weighted by Gasteiger charge is 2.58. The van der Waals surface area contributed by atoms with E-state index in [1.807, 2.05) is 0 Å². The molecule has 1 aromatic rings. The molecule has 0 radical (unpaired) electrons. The average molecular weight is 311 g/mol. The van der Waals surface area contributed by atoms with Gasteiger partial charge in [-0.15, -0.1) is 0 Å². The number of ether oxygens (including phenoxy) is 1. The minimum atomic E-state index is -0.448. The Hall–Kier alpha value is -1.53. The maximum atomic E-state index is 10.7. The van der Waals surface area contributed by atoms with E-state index in [-0.39, 0.29) is 11.3 Å². The van der Waals surface area contributed by atoms with Crippen LogP contribution >= 0.6 is 0 Å². The topological polar surface area (TPSA) is 53.2 Å². The summed E-state index contributed by atoms with van der Waals surface area (Å²) in [6.07, 6.45) is 4.86. The van der Waals surface area contributed by atoms with Gasteiger partial charge in [0.05, 0.1) is 25.2 Å². The van der Waals surface area contributed by atoms with E-state index < -0.39 is 6.10 Å². The van der Waals surface area contributed by atoms with E-state index in [4.69, 9.17) is 4.74 Å². The van der Waals surface area contributed by atoms with Crippen LogP contribution < -0.4 is 4.74 Å². The predicted molar refractivity (Wildman–Crippen MR) is 88.1 cm³/mol. The highest BCUT2D eigenvalue weighted by atomic mass is 16.5. The van der Waals surface area contributed by atoms with Crippen LogP contribution in [0.3, 0.4) is 0 Å². The van der Waals surface area contributed by atoms with Gasteiger partial charge in [0, 0.05) is 0 Å². The van der Waals surface area contributed by atoms with Crippen molar-refractivity contribution in [1.82, 2.24) is 0 Å². The Morgan fingerprint density at radius 2 is 2.17 bits per heavy atom. The molecule has 1 N–H and O–H groups in total. The summed E-state index contributed by atoms with van der Waals surface area (Å²) < 4.78 is 5.38. The van der Waals surface area contributed by atoms with Crippen LogP contribution in [0.1, 0.15) is 49.7 Å². The SMILES string of the molecule is COc1ccc2c(c1)CC[C@@H]1[C@@H]2CC[C@]2(C)[C@@H](O)[C@H](C#N)C[C@@H]12. The number of methoxy groups -OCH3 is 1. The number of aliphatic hydroxyl groups excluding tert-OH is 1. The fourth-order valence-corrected chi connectivity index (χ4v) is 5.83. The van der Waals surface area contributed by atoms with E-state index >= 15 is 0 Å². The second-order valence-electron chi connectivity index (χ2n) is 7.94. The molecule has 0 unspecified atom stereocenters. The zero-order chi connectivity index (χ0) is 16.2. The Morgan fingerprint density at radius 3 is 2.91 bits per heavy atom. The molecule has 122 valence electrons. The van der Waals surface area contributed by atoms with Crippen molar-refractivity contribution in [2.45, 2.75) is 51.0 Å². The van der Waals surface area contributed by atoms with E-state index in [0.717, 1.165) is 31.4 Å². The highest BCUT2D eigenvalue weighted by Crippen LogP contribution is 2.62. The minimum Gasteiger partial charge on any atom is -0.497 e. The number of aliphatic hydroxyl groups is 1. The van der Waals surface area contributed by atoms with Crippen molar-refractivity contribution >= 4 is 0 Å². The quantitative estimate of drug-likeness (QED) is 0.861. The highest BCUT2D eigenvalue weighted by molar-refractivity contribution is 5.40. The van der Waals surface area contributed by atoms with Crippen LogP contribution in [0.25, 0.3) is 0 Å². The lowest BCUT2D eigenvalue weighted by Gasteiger charge is -2.50. The van der Waals surface area contributed by atoms with E-state index in [1.165, 1.54) is 17.5 Å².